The Bertz CT molecular complexity index is 701. The van der Waals surface area contributed by atoms with E-state index in [1.54, 1.807) is 0 Å². The molecule has 3 rings (SSSR count). The molecule has 1 aliphatic heterocycles. The minimum absolute atomic E-state index is 0.450. The minimum atomic E-state index is -1.52. The number of nitrogens with zero attached hydrogens (tertiary/aromatic N) is 1. The van der Waals surface area contributed by atoms with Crippen LogP contribution < -0.4 is 9.64 Å². The topological polar surface area (TPSA) is 70.0 Å². The molecule has 2 aromatic carbocycles. The Labute approximate surface area is 134 Å². The molecule has 2 atom stereocenters. The van der Waals surface area contributed by atoms with Gasteiger partial charge in [-0.3, -0.25) is 0 Å². The lowest BCUT2D eigenvalue weighted by Crippen LogP contribution is -2.44. The summed E-state index contributed by atoms with van der Waals surface area (Å²) in [6, 6.07) is 14.3. The number of aliphatic hydroxyl groups excluding tert-OH is 1. The highest BCUT2D eigenvalue weighted by Gasteiger charge is 2.35. The van der Waals surface area contributed by atoms with Gasteiger partial charge in [0.1, 0.15) is 12.4 Å². The van der Waals surface area contributed by atoms with Crippen LogP contribution in [0.25, 0.3) is 0 Å². The number of fused-ring (bicyclic) bond motifs is 1. The number of rotatable bonds is 4. The Kier molecular flexibility index (Phi) is 4.21. The van der Waals surface area contributed by atoms with Gasteiger partial charge in [-0.15, -0.1) is 0 Å². The molecular formula is C18H19NO4. The highest BCUT2D eigenvalue weighted by Crippen LogP contribution is 2.39. The van der Waals surface area contributed by atoms with Crippen molar-refractivity contribution >= 4 is 11.7 Å². The third-order valence-electron chi connectivity index (χ3n) is 4.04. The molecule has 0 spiro atoms. The summed E-state index contributed by atoms with van der Waals surface area (Å²) in [6.45, 7) is 2.93. The molecule has 0 saturated heterocycles. The molecule has 23 heavy (non-hydrogen) atoms. The maximum Gasteiger partial charge on any atom is 0.335 e. The molecule has 0 aromatic heterocycles. The van der Waals surface area contributed by atoms with E-state index in [0.717, 1.165) is 16.8 Å². The predicted octanol–water partition coefficient (Wildman–Crippen LogP) is 2.38. The molecule has 1 heterocycles. The summed E-state index contributed by atoms with van der Waals surface area (Å²) < 4.78 is 5.66. The molecule has 0 aliphatic carbocycles. The number of carbonyl (C=O) groups is 1. The lowest BCUT2D eigenvalue weighted by molar-refractivity contribution is -0.147. The summed E-state index contributed by atoms with van der Waals surface area (Å²) in [6.07, 6.45) is -1.52. The maximum absolute atomic E-state index is 11.4. The van der Waals surface area contributed by atoms with Crippen LogP contribution in [0.4, 0.5) is 5.69 Å². The summed E-state index contributed by atoms with van der Waals surface area (Å²) in [4.78, 5) is 13.3. The van der Waals surface area contributed by atoms with Crippen LogP contribution in [0.1, 0.15) is 17.2 Å². The van der Waals surface area contributed by atoms with Crippen LogP contribution in [0.15, 0.2) is 48.5 Å². The van der Waals surface area contributed by atoms with Crippen LogP contribution in [-0.4, -0.2) is 35.4 Å². The number of carboxylic acids is 1. The lowest BCUT2D eigenvalue weighted by Gasteiger charge is -2.39. The van der Waals surface area contributed by atoms with E-state index in [-0.39, 0.29) is 0 Å². The van der Waals surface area contributed by atoms with E-state index < -0.39 is 18.1 Å². The fourth-order valence-electron chi connectivity index (χ4n) is 2.96. The number of hydrogen-bond donors (Lipinski definition) is 2. The molecule has 0 radical (unpaired) electrons. The van der Waals surface area contributed by atoms with Crippen molar-refractivity contribution in [3.8, 4) is 5.75 Å². The Morgan fingerprint density at radius 1 is 1.22 bits per heavy atom. The SMILES string of the molecule is Cc1ccc2c(c1)N(C(c1ccccc1)C(O)C(=O)O)CCO2. The summed E-state index contributed by atoms with van der Waals surface area (Å²) in [5.41, 5.74) is 2.62. The highest BCUT2D eigenvalue weighted by atomic mass is 16.5. The standard InChI is InChI=1S/C18H19NO4/c1-12-7-8-15-14(11-12)19(9-10-23-15)16(17(20)18(21)22)13-5-3-2-4-6-13/h2-8,11,16-17,20H,9-10H2,1H3,(H,21,22). The van der Waals surface area contributed by atoms with E-state index in [1.165, 1.54) is 0 Å². The van der Waals surface area contributed by atoms with Crippen molar-refractivity contribution in [3.63, 3.8) is 0 Å². The van der Waals surface area contributed by atoms with E-state index in [4.69, 9.17) is 4.74 Å². The quantitative estimate of drug-likeness (QED) is 0.907. The zero-order chi connectivity index (χ0) is 16.4. The van der Waals surface area contributed by atoms with Gasteiger partial charge in [-0.05, 0) is 30.2 Å². The van der Waals surface area contributed by atoms with Gasteiger partial charge in [0.05, 0.1) is 18.3 Å². The second-order valence-corrected chi connectivity index (χ2v) is 5.65. The van der Waals surface area contributed by atoms with Gasteiger partial charge in [-0.25, -0.2) is 4.79 Å². The monoisotopic (exact) mass is 313 g/mol. The molecule has 0 fully saturated rings. The van der Waals surface area contributed by atoms with Crippen molar-refractivity contribution in [2.45, 2.75) is 19.1 Å². The van der Waals surface area contributed by atoms with Crippen LogP contribution >= 0.6 is 0 Å². The van der Waals surface area contributed by atoms with E-state index in [0.29, 0.717) is 18.9 Å². The molecule has 0 bridgehead atoms. The second kappa shape index (κ2) is 6.30. The van der Waals surface area contributed by atoms with E-state index in [9.17, 15) is 15.0 Å². The van der Waals surface area contributed by atoms with Crippen molar-refractivity contribution < 1.29 is 19.7 Å². The average molecular weight is 313 g/mol. The summed E-state index contributed by atoms with van der Waals surface area (Å²) in [7, 11) is 0. The molecular weight excluding hydrogens is 294 g/mol. The lowest BCUT2D eigenvalue weighted by atomic mass is 9.97. The fourth-order valence-corrected chi connectivity index (χ4v) is 2.96. The van der Waals surface area contributed by atoms with Gasteiger partial charge in [0.2, 0.25) is 0 Å². The zero-order valence-corrected chi connectivity index (χ0v) is 12.8. The summed E-state index contributed by atoms with van der Waals surface area (Å²) >= 11 is 0. The summed E-state index contributed by atoms with van der Waals surface area (Å²) in [5, 5.41) is 19.6. The van der Waals surface area contributed by atoms with Gasteiger partial charge in [0.15, 0.2) is 6.10 Å². The van der Waals surface area contributed by atoms with Gasteiger partial charge in [-0.2, -0.15) is 0 Å². The number of carboxylic acid groups (broad SMARTS) is 1. The van der Waals surface area contributed by atoms with Crippen molar-refractivity contribution in [1.29, 1.82) is 0 Å². The zero-order valence-electron chi connectivity index (χ0n) is 12.8. The van der Waals surface area contributed by atoms with Crippen LogP contribution in [0.2, 0.25) is 0 Å². The first-order valence-corrected chi connectivity index (χ1v) is 7.54. The molecule has 120 valence electrons. The van der Waals surface area contributed by atoms with Gasteiger partial charge in [0.25, 0.3) is 0 Å². The Morgan fingerprint density at radius 3 is 2.65 bits per heavy atom. The number of aliphatic hydroxyl groups is 1. The van der Waals surface area contributed by atoms with Gasteiger partial charge in [-0.1, -0.05) is 36.4 Å². The predicted molar refractivity (Wildman–Crippen MR) is 86.8 cm³/mol. The van der Waals surface area contributed by atoms with Crippen molar-refractivity contribution in [1.82, 2.24) is 0 Å². The normalized spacial score (nSPS) is 16.2. The minimum Gasteiger partial charge on any atom is -0.490 e. The van der Waals surface area contributed by atoms with Gasteiger partial charge in [0, 0.05) is 0 Å². The van der Waals surface area contributed by atoms with E-state index in [1.807, 2.05) is 60.4 Å². The Morgan fingerprint density at radius 2 is 1.96 bits per heavy atom. The number of aryl methyl sites for hydroxylation is 1. The molecule has 2 N–H and O–H groups in total. The van der Waals surface area contributed by atoms with Crippen LogP contribution in [0, 0.1) is 6.92 Å². The van der Waals surface area contributed by atoms with E-state index >= 15 is 0 Å². The van der Waals surface area contributed by atoms with Crippen molar-refractivity contribution in [3.05, 3.63) is 59.7 Å². The molecule has 2 unspecified atom stereocenters. The first-order valence-electron chi connectivity index (χ1n) is 7.54. The second-order valence-electron chi connectivity index (χ2n) is 5.65. The van der Waals surface area contributed by atoms with Crippen LogP contribution in [0.3, 0.4) is 0 Å². The van der Waals surface area contributed by atoms with Crippen LogP contribution in [-0.2, 0) is 4.79 Å². The van der Waals surface area contributed by atoms with Crippen LogP contribution in [0.5, 0.6) is 5.75 Å². The van der Waals surface area contributed by atoms with Gasteiger partial charge >= 0.3 is 5.97 Å². The number of hydrogen-bond acceptors (Lipinski definition) is 4. The molecule has 5 heteroatoms. The molecule has 0 saturated carbocycles. The maximum atomic E-state index is 11.4. The number of anilines is 1. The third-order valence-corrected chi connectivity index (χ3v) is 4.04. The Balaban J connectivity index is 2.08. The van der Waals surface area contributed by atoms with E-state index in [2.05, 4.69) is 0 Å². The highest BCUT2D eigenvalue weighted by molar-refractivity contribution is 5.75. The van der Waals surface area contributed by atoms with Crippen molar-refractivity contribution in [2.24, 2.45) is 0 Å². The molecule has 5 nitrogen and oxygen atoms in total. The molecule has 0 amide bonds. The van der Waals surface area contributed by atoms with Gasteiger partial charge < -0.3 is 19.8 Å². The number of benzene rings is 2. The largest absolute Gasteiger partial charge is 0.490 e. The summed E-state index contributed by atoms with van der Waals surface area (Å²) in [5.74, 6) is -0.528. The van der Waals surface area contributed by atoms with Crippen molar-refractivity contribution in [2.75, 3.05) is 18.1 Å². The third kappa shape index (κ3) is 3.00. The first kappa shape index (κ1) is 15.4. The average Bonchev–Trinajstić information content (AvgIpc) is 2.56. The molecule has 2 aromatic rings. The first-order chi connectivity index (χ1) is 11.1. The molecule has 1 aliphatic rings. The smallest absolute Gasteiger partial charge is 0.335 e. The Hall–Kier alpha value is -2.53. The number of aliphatic carboxylic acids is 1. The fraction of sp³-hybridized carbons (Fsp3) is 0.278. The number of ether oxygens (including phenoxy) is 1.